The molecular weight excluding hydrogens is 434 g/mol. The third-order valence-corrected chi connectivity index (χ3v) is 6.51. The maximum atomic E-state index is 10.4. The molecule has 3 aromatic rings. The molecule has 1 unspecified atom stereocenters. The van der Waals surface area contributed by atoms with Crippen molar-refractivity contribution >= 4 is 28.6 Å². The molecule has 1 aliphatic heterocycles. The standard InChI is InChI=1S/C22H26ClN5O4/c23-9-16-18(29)19(30)22(32-16)28-12-26-17-20(24-11-25-21(17)28)27-14-7-4-8-15(14)31-10-13-5-2-1-3-6-13/h1-3,5-6,11-12,14-16,18-19,22,29-30H,4,7-10H2,(H,24,25,27)/t14-,15-,16-,18-,19-,22?/m1/s1. The van der Waals surface area contributed by atoms with Crippen molar-refractivity contribution in [2.45, 2.75) is 62.6 Å². The van der Waals surface area contributed by atoms with Crippen LogP contribution in [-0.2, 0) is 16.1 Å². The van der Waals surface area contributed by atoms with Gasteiger partial charge < -0.3 is 25.0 Å². The Morgan fingerprint density at radius 3 is 2.75 bits per heavy atom. The van der Waals surface area contributed by atoms with Gasteiger partial charge in [0.2, 0.25) is 0 Å². The summed E-state index contributed by atoms with van der Waals surface area (Å²) in [6, 6.07) is 10.2. The first-order chi connectivity index (χ1) is 15.7. The summed E-state index contributed by atoms with van der Waals surface area (Å²) in [5.74, 6) is 0.686. The second kappa shape index (κ2) is 9.29. The summed E-state index contributed by atoms with van der Waals surface area (Å²) in [7, 11) is 0. The van der Waals surface area contributed by atoms with Gasteiger partial charge >= 0.3 is 0 Å². The molecule has 5 rings (SSSR count). The summed E-state index contributed by atoms with van der Waals surface area (Å²) in [5, 5.41) is 24.1. The highest BCUT2D eigenvalue weighted by atomic mass is 35.5. The molecular formula is C22H26ClN5O4. The Balaban J connectivity index is 1.33. The highest BCUT2D eigenvalue weighted by molar-refractivity contribution is 6.18. The van der Waals surface area contributed by atoms with Crippen LogP contribution >= 0.6 is 11.6 Å². The number of benzene rings is 1. The number of hydrogen-bond donors (Lipinski definition) is 3. The van der Waals surface area contributed by atoms with Crippen LogP contribution in [0.2, 0.25) is 0 Å². The second-order valence-electron chi connectivity index (χ2n) is 8.26. The van der Waals surface area contributed by atoms with E-state index in [9.17, 15) is 10.2 Å². The van der Waals surface area contributed by atoms with E-state index in [1.165, 1.54) is 6.33 Å². The molecule has 0 spiro atoms. The molecule has 1 saturated heterocycles. The van der Waals surface area contributed by atoms with E-state index in [4.69, 9.17) is 21.1 Å². The SMILES string of the molecule is O[C@@H]1[C@@H](CCl)OC(n2cnc3c(N[C@@H]4CCC[C@H]4OCc4ccccc4)ncnc32)[C@@H]1O. The lowest BCUT2D eigenvalue weighted by atomic mass is 10.1. The number of nitrogens with zero attached hydrogens (tertiary/aromatic N) is 4. The number of aromatic nitrogens is 4. The van der Waals surface area contributed by atoms with Crippen molar-refractivity contribution in [3.63, 3.8) is 0 Å². The first kappa shape index (κ1) is 21.5. The first-order valence-electron chi connectivity index (χ1n) is 10.8. The molecule has 1 aromatic carbocycles. The molecule has 0 amide bonds. The van der Waals surface area contributed by atoms with E-state index in [-0.39, 0.29) is 18.0 Å². The van der Waals surface area contributed by atoms with Crippen molar-refractivity contribution in [2.24, 2.45) is 0 Å². The molecule has 2 aliphatic rings. The van der Waals surface area contributed by atoms with Crippen LogP contribution in [0.4, 0.5) is 5.82 Å². The fourth-order valence-electron chi connectivity index (χ4n) is 4.47. The van der Waals surface area contributed by atoms with Gasteiger partial charge in [-0.1, -0.05) is 30.3 Å². The van der Waals surface area contributed by atoms with Gasteiger partial charge in [0, 0.05) is 0 Å². The summed E-state index contributed by atoms with van der Waals surface area (Å²) >= 11 is 5.84. The highest BCUT2D eigenvalue weighted by Gasteiger charge is 2.44. The maximum Gasteiger partial charge on any atom is 0.167 e. The van der Waals surface area contributed by atoms with E-state index in [1.54, 1.807) is 10.9 Å². The van der Waals surface area contributed by atoms with Gasteiger partial charge in [0.15, 0.2) is 23.2 Å². The zero-order chi connectivity index (χ0) is 22.1. The molecule has 170 valence electrons. The van der Waals surface area contributed by atoms with E-state index in [2.05, 4.69) is 32.4 Å². The second-order valence-corrected chi connectivity index (χ2v) is 8.57. The van der Waals surface area contributed by atoms with Crippen molar-refractivity contribution in [2.75, 3.05) is 11.2 Å². The molecule has 1 aliphatic carbocycles. The van der Waals surface area contributed by atoms with Crippen molar-refractivity contribution in [1.82, 2.24) is 19.5 Å². The van der Waals surface area contributed by atoms with E-state index in [0.717, 1.165) is 24.8 Å². The van der Waals surface area contributed by atoms with Gasteiger partial charge in [-0.3, -0.25) is 4.57 Å². The summed E-state index contributed by atoms with van der Waals surface area (Å²) < 4.78 is 13.6. The molecule has 0 radical (unpaired) electrons. The summed E-state index contributed by atoms with van der Waals surface area (Å²) in [4.78, 5) is 13.2. The molecule has 10 heteroatoms. The van der Waals surface area contributed by atoms with E-state index in [0.29, 0.717) is 23.6 Å². The largest absolute Gasteiger partial charge is 0.387 e. The Bertz CT molecular complexity index is 1050. The molecule has 1 saturated carbocycles. The Labute approximate surface area is 190 Å². The topological polar surface area (TPSA) is 115 Å². The molecule has 9 nitrogen and oxygen atoms in total. The fraction of sp³-hybridized carbons (Fsp3) is 0.500. The molecule has 2 aromatic heterocycles. The third-order valence-electron chi connectivity index (χ3n) is 6.20. The van der Waals surface area contributed by atoms with Crippen molar-refractivity contribution in [3.05, 3.63) is 48.5 Å². The van der Waals surface area contributed by atoms with E-state index >= 15 is 0 Å². The minimum Gasteiger partial charge on any atom is -0.387 e. The van der Waals surface area contributed by atoms with Gasteiger partial charge in [-0.05, 0) is 24.8 Å². The average Bonchev–Trinajstić information content (AvgIpc) is 3.52. The third kappa shape index (κ3) is 4.06. The number of aliphatic hydroxyl groups excluding tert-OH is 2. The zero-order valence-electron chi connectivity index (χ0n) is 17.4. The van der Waals surface area contributed by atoms with Gasteiger partial charge in [-0.15, -0.1) is 11.6 Å². The summed E-state index contributed by atoms with van der Waals surface area (Å²) in [6.07, 6.45) is 2.40. The number of anilines is 1. The predicted molar refractivity (Wildman–Crippen MR) is 118 cm³/mol. The minimum atomic E-state index is -1.13. The number of halogens is 1. The summed E-state index contributed by atoms with van der Waals surface area (Å²) in [6.45, 7) is 0.568. The van der Waals surface area contributed by atoms with Crippen molar-refractivity contribution in [3.8, 4) is 0 Å². The number of fused-ring (bicyclic) bond motifs is 1. The molecule has 3 N–H and O–H groups in total. The van der Waals surface area contributed by atoms with Crippen molar-refractivity contribution < 1.29 is 19.7 Å². The van der Waals surface area contributed by atoms with E-state index < -0.39 is 24.5 Å². The lowest BCUT2D eigenvalue weighted by molar-refractivity contribution is -0.0291. The number of hydrogen-bond acceptors (Lipinski definition) is 8. The van der Waals surface area contributed by atoms with Crippen molar-refractivity contribution in [1.29, 1.82) is 0 Å². The molecule has 3 heterocycles. The minimum absolute atomic E-state index is 0.0712. The lowest BCUT2D eigenvalue weighted by Crippen LogP contribution is -2.32. The number of ether oxygens (including phenoxy) is 2. The molecule has 0 bridgehead atoms. The van der Waals surface area contributed by atoms with Crippen LogP contribution < -0.4 is 5.32 Å². The first-order valence-corrected chi connectivity index (χ1v) is 11.4. The van der Waals surface area contributed by atoms with Gasteiger partial charge in [0.1, 0.15) is 24.6 Å². The number of rotatable bonds is 7. The van der Waals surface area contributed by atoms with Crippen LogP contribution in [0.3, 0.4) is 0 Å². The molecule has 32 heavy (non-hydrogen) atoms. The van der Waals surface area contributed by atoms with Crippen LogP contribution in [0.25, 0.3) is 11.2 Å². The van der Waals surface area contributed by atoms with Crippen LogP contribution in [0.5, 0.6) is 0 Å². The Morgan fingerprint density at radius 2 is 1.97 bits per heavy atom. The molecule has 6 atom stereocenters. The van der Waals surface area contributed by atoms with Gasteiger partial charge in [-0.2, -0.15) is 0 Å². The Morgan fingerprint density at radius 1 is 1.12 bits per heavy atom. The Hall–Kier alpha value is -2.30. The lowest BCUT2D eigenvalue weighted by Gasteiger charge is -2.22. The normalized spacial score (nSPS) is 30.2. The monoisotopic (exact) mass is 459 g/mol. The van der Waals surface area contributed by atoms with Gasteiger partial charge in [-0.25, -0.2) is 15.0 Å². The maximum absolute atomic E-state index is 10.4. The number of aliphatic hydroxyl groups is 2. The van der Waals surface area contributed by atoms with Crippen LogP contribution in [0, 0.1) is 0 Å². The van der Waals surface area contributed by atoms with Crippen LogP contribution in [0.1, 0.15) is 31.1 Å². The average molecular weight is 460 g/mol. The Kier molecular flexibility index (Phi) is 6.25. The number of nitrogens with one attached hydrogen (secondary N) is 1. The number of imidazole rings is 1. The van der Waals surface area contributed by atoms with E-state index in [1.807, 2.05) is 18.2 Å². The number of alkyl halides is 1. The zero-order valence-corrected chi connectivity index (χ0v) is 18.2. The van der Waals surface area contributed by atoms with Crippen LogP contribution in [0.15, 0.2) is 43.0 Å². The molecule has 2 fully saturated rings. The highest BCUT2D eigenvalue weighted by Crippen LogP contribution is 2.33. The summed E-state index contributed by atoms with van der Waals surface area (Å²) in [5.41, 5.74) is 2.23. The predicted octanol–water partition coefficient (Wildman–Crippen LogP) is 2.23. The smallest absolute Gasteiger partial charge is 0.167 e. The van der Waals surface area contributed by atoms with Crippen LogP contribution in [-0.4, -0.2) is 66.1 Å². The fourth-order valence-corrected chi connectivity index (χ4v) is 4.73. The van der Waals surface area contributed by atoms with Gasteiger partial charge in [0.05, 0.1) is 31.0 Å². The quantitative estimate of drug-likeness (QED) is 0.461. The van der Waals surface area contributed by atoms with Gasteiger partial charge in [0.25, 0.3) is 0 Å².